The number of rotatable bonds is 6. The third-order valence-electron chi connectivity index (χ3n) is 5.42. The summed E-state index contributed by atoms with van der Waals surface area (Å²) in [5, 5.41) is 5.26. The van der Waals surface area contributed by atoms with Crippen molar-refractivity contribution in [3.05, 3.63) is 89.6 Å². The van der Waals surface area contributed by atoms with Gasteiger partial charge in [0.05, 0.1) is 30.7 Å². The molecule has 2 amide bonds. The number of halogens is 3. The Morgan fingerprint density at radius 3 is 2.39 bits per heavy atom. The van der Waals surface area contributed by atoms with E-state index in [9.17, 15) is 22.8 Å². The van der Waals surface area contributed by atoms with Gasteiger partial charge in [0.1, 0.15) is 5.82 Å². The number of hydrogen-bond donors (Lipinski definition) is 2. The van der Waals surface area contributed by atoms with Gasteiger partial charge in [-0.05, 0) is 54.1 Å². The van der Waals surface area contributed by atoms with Gasteiger partial charge in [0.25, 0.3) is 5.91 Å². The largest absolute Gasteiger partial charge is 0.416 e. The van der Waals surface area contributed by atoms with Crippen LogP contribution in [0.2, 0.25) is 0 Å². The minimum atomic E-state index is -4.53. The summed E-state index contributed by atoms with van der Waals surface area (Å²) < 4.78 is 43.9. The smallest absolute Gasteiger partial charge is 0.378 e. The molecular formula is C26H23F3N4O3. The SMILES string of the molecule is O=C(/C=C/c1ccc(NC(=O)c2cccc(C(F)(F)F)c2)cc1)Nc1ccc(N2CCOCC2)cn1. The van der Waals surface area contributed by atoms with E-state index < -0.39 is 17.6 Å². The topological polar surface area (TPSA) is 83.6 Å². The molecule has 186 valence electrons. The van der Waals surface area contributed by atoms with Gasteiger partial charge in [-0.15, -0.1) is 0 Å². The van der Waals surface area contributed by atoms with Gasteiger partial charge in [-0.1, -0.05) is 18.2 Å². The van der Waals surface area contributed by atoms with E-state index in [4.69, 9.17) is 4.74 Å². The van der Waals surface area contributed by atoms with Crippen LogP contribution >= 0.6 is 0 Å². The fourth-order valence-corrected chi connectivity index (χ4v) is 3.53. The first-order chi connectivity index (χ1) is 17.3. The van der Waals surface area contributed by atoms with Gasteiger partial charge in [0, 0.05) is 30.4 Å². The molecule has 0 unspecified atom stereocenters. The highest BCUT2D eigenvalue weighted by Crippen LogP contribution is 2.29. The molecule has 3 aromatic rings. The van der Waals surface area contributed by atoms with Crippen molar-refractivity contribution < 1.29 is 27.5 Å². The van der Waals surface area contributed by atoms with E-state index in [-0.39, 0.29) is 11.5 Å². The Morgan fingerprint density at radius 2 is 1.72 bits per heavy atom. The predicted molar refractivity (Wildman–Crippen MR) is 131 cm³/mol. The summed E-state index contributed by atoms with van der Waals surface area (Å²) in [6.45, 7) is 2.94. The van der Waals surface area contributed by atoms with E-state index in [0.717, 1.165) is 30.9 Å². The molecule has 7 nitrogen and oxygen atoms in total. The minimum absolute atomic E-state index is 0.0999. The number of carbonyl (C=O) groups excluding carboxylic acids is 2. The van der Waals surface area contributed by atoms with Crippen LogP contribution in [-0.4, -0.2) is 43.1 Å². The third-order valence-corrected chi connectivity index (χ3v) is 5.42. The van der Waals surface area contributed by atoms with Crippen LogP contribution in [0.25, 0.3) is 6.08 Å². The van der Waals surface area contributed by atoms with Crippen molar-refractivity contribution in [3.8, 4) is 0 Å². The number of nitrogens with zero attached hydrogens (tertiary/aromatic N) is 2. The van der Waals surface area contributed by atoms with Crippen LogP contribution in [0.3, 0.4) is 0 Å². The van der Waals surface area contributed by atoms with Gasteiger partial charge in [-0.25, -0.2) is 4.98 Å². The number of morpholine rings is 1. The zero-order chi connectivity index (χ0) is 25.5. The van der Waals surface area contributed by atoms with Crippen LogP contribution in [0.15, 0.2) is 72.9 Å². The Morgan fingerprint density at radius 1 is 0.972 bits per heavy atom. The first-order valence-corrected chi connectivity index (χ1v) is 11.1. The number of benzene rings is 2. The van der Waals surface area contributed by atoms with Crippen molar-refractivity contribution in [1.82, 2.24) is 4.98 Å². The highest BCUT2D eigenvalue weighted by molar-refractivity contribution is 6.04. The Hall–Kier alpha value is -4.18. The van der Waals surface area contributed by atoms with Crippen molar-refractivity contribution in [3.63, 3.8) is 0 Å². The summed E-state index contributed by atoms with van der Waals surface area (Å²) in [6.07, 6.45) is 0.125. The van der Waals surface area contributed by atoms with Crippen molar-refractivity contribution in [2.24, 2.45) is 0 Å². The first kappa shape index (κ1) is 24.9. The van der Waals surface area contributed by atoms with E-state index in [1.165, 1.54) is 18.2 Å². The molecule has 2 aromatic carbocycles. The number of hydrogen-bond acceptors (Lipinski definition) is 5. The number of alkyl halides is 3. The second-order valence-corrected chi connectivity index (χ2v) is 7.98. The van der Waals surface area contributed by atoms with Crippen molar-refractivity contribution in [2.75, 3.05) is 41.8 Å². The highest BCUT2D eigenvalue weighted by atomic mass is 19.4. The molecule has 2 heterocycles. The third kappa shape index (κ3) is 6.70. The molecule has 10 heteroatoms. The van der Waals surface area contributed by atoms with E-state index in [2.05, 4.69) is 20.5 Å². The number of pyridine rings is 1. The lowest BCUT2D eigenvalue weighted by Crippen LogP contribution is -2.36. The molecule has 0 spiro atoms. The van der Waals surface area contributed by atoms with Gasteiger partial charge in [0.15, 0.2) is 0 Å². The van der Waals surface area contributed by atoms with E-state index in [0.29, 0.717) is 30.3 Å². The highest BCUT2D eigenvalue weighted by Gasteiger charge is 2.30. The molecular weight excluding hydrogens is 473 g/mol. The lowest BCUT2D eigenvalue weighted by Gasteiger charge is -2.28. The van der Waals surface area contributed by atoms with Gasteiger partial charge >= 0.3 is 6.18 Å². The number of ether oxygens (including phenoxy) is 1. The summed E-state index contributed by atoms with van der Waals surface area (Å²) in [5.74, 6) is -0.589. The molecule has 4 rings (SSSR count). The van der Waals surface area contributed by atoms with Gasteiger partial charge < -0.3 is 20.3 Å². The Kier molecular flexibility index (Phi) is 7.65. The summed E-state index contributed by atoms with van der Waals surface area (Å²) >= 11 is 0. The van der Waals surface area contributed by atoms with E-state index in [1.807, 2.05) is 6.07 Å². The molecule has 0 radical (unpaired) electrons. The summed E-state index contributed by atoms with van der Waals surface area (Å²) in [4.78, 5) is 31.0. The zero-order valence-electron chi connectivity index (χ0n) is 19.1. The maximum atomic E-state index is 12.9. The van der Waals surface area contributed by atoms with Crippen LogP contribution in [0, 0.1) is 0 Å². The van der Waals surface area contributed by atoms with Crippen LogP contribution < -0.4 is 15.5 Å². The van der Waals surface area contributed by atoms with E-state index in [1.54, 1.807) is 42.6 Å². The Labute approximate surface area is 205 Å². The number of nitrogens with one attached hydrogen (secondary N) is 2. The zero-order valence-corrected chi connectivity index (χ0v) is 19.1. The second-order valence-electron chi connectivity index (χ2n) is 7.98. The van der Waals surface area contributed by atoms with E-state index >= 15 is 0 Å². The summed E-state index contributed by atoms with van der Waals surface area (Å²) in [5.41, 5.74) is 1.07. The lowest BCUT2D eigenvalue weighted by atomic mass is 10.1. The second kappa shape index (κ2) is 11.0. The maximum Gasteiger partial charge on any atom is 0.416 e. The fraction of sp³-hybridized carbons (Fsp3) is 0.192. The number of aromatic nitrogens is 1. The number of carbonyl (C=O) groups is 2. The maximum absolute atomic E-state index is 12.9. The lowest BCUT2D eigenvalue weighted by molar-refractivity contribution is -0.137. The monoisotopic (exact) mass is 496 g/mol. The number of anilines is 3. The Bertz CT molecular complexity index is 1240. The van der Waals surface area contributed by atoms with Crippen molar-refractivity contribution in [1.29, 1.82) is 0 Å². The van der Waals surface area contributed by atoms with Crippen LogP contribution in [-0.2, 0) is 15.7 Å². The summed E-state index contributed by atoms with van der Waals surface area (Å²) in [7, 11) is 0. The molecule has 0 bridgehead atoms. The predicted octanol–water partition coefficient (Wildman–Crippen LogP) is 4.84. The Balaban J connectivity index is 1.30. The molecule has 36 heavy (non-hydrogen) atoms. The van der Waals surface area contributed by atoms with Gasteiger partial charge in [-0.2, -0.15) is 13.2 Å². The standard InChI is InChI=1S/C26H23F3N4O3/c27-26(28,29)20-3-1-2-19(16-20)25(35)31-21-7-4-18(5-8-21)6-11-24(34)32-23-10-9-22(17-30-23)33-12-14-36-15-13-33/h1-11,16-17H,12-15H2,(H,31,35)(H,30,32,34)/b11-6+. The normalized spacial score (nSPS) is 14.0. The molecule has 1 saturated heterocycles. The van der Waals surface area contributed by atoms with Crippen LogP contribution in [0.1, 0.15) is 21.5 Å². The molecule has 1 aromatic heterocycles. The van der Waals surface area contributed by atoms with Crippen molar-refractivity contribution in [2.45, 2.75) is 6.18 Å². The minimum Gasteiger partial charge on any atom is -0.378 e. The van der Waals surface area contributed by atoms with Crippen LogP contribution in [0.5, 0.6) is 0 Å². The van der Waals surface area contributed by atoms with Crippen LogP contribution in [0.4, 0.5) is 30.4 Å². The summed E-state index contributed by atoms with van der Waals surface area (Å²) in [6, 6.07) is 14.4. The first-order valence-electron chi connectivity index (χ1n) is 11.1. The van der Waals surface area contributed by atoms with Crippen molar-refractivity contribution >= 4 is 35.1 Å². The average Bonchev–Trinajstić information content (AvgIpc) is 2.89. The fourth-order valence-electron chi connectivity index (χ4n) is 3.53. The average molecular weight is 496 g/mol. The molecule has 2 N–H and O–H groups in total. The molecule has 0 saturated carbocycles. The molecule has 1 aliphatic rings. The molecule has 0 aliphatic carbocycles. The molecule has 1 fully saturated rings. The molecule has 1 aliphatic heterocycles. The van der Waals surface area contributed by atoms with Gasteiger partial charge in [0.2, 0.25) is 5.91 Å². The molecule has 0 atom stereocenters. The number of amides is 2. The van der Waals surface area contributed by atoms with Gasteiger partial charge in [-0.3, -0.25) is 9.59 Å². The quantitative estimate of drug-likeness (QED) is 0.477.